The summed E-state index contributed by atoms with van der Waals surface area (Å²) in [5.41, 5.74) is 1.76. The largest absolute Gasteiger partial charge is 0.338 e. The topological polar surface area (TPSA) is 41.6 Å². The molecule has 3 nitrogen and oxygen atoms in total. The van der Waals surface area contributed by atoms with Gasteiger partial charge in [0, 0.05) is 9.86 Å². The lowest BCUT2D eigenvalue weighted by Gasteiger charge is -1.93. The maximum atomic E-state index is 6.04. The molecule has 0 atom stereocenters. The molecule has 0 saturated carbocycles. The standard InChI is InChI=1S/C10H5BrClN3/c11-6-3-1-2-5-7-9(12)13-4-14-10(7)15-8(5)6/h1-4H,(H,13,14,15). The number of hydrogen-bond acceptors (Lipinski definition) is 2. The van der Waals surface area contributed by atoms with Crippen LogP contribution in [0.1, 0.15) is 0 Å². The highest BCUT2D eigenvalue weighted by Crippen LogP contribution is 2.32. The van der Waals surface area contributed by atoms with E-state index in [0.717, 1.165) is 26.4 Å². The number of benzene rings is 1. The molecule has 0 bridgehead atoms. The number of para-hydroxylation sites is 1. The summed E-state index contributed by atoms with van der Waals surface area (Å²) in [6.45, 7) is 0. The molecule has 0 radical (unpaired) electrons. The van der Waals surface area contributed by atoms with Crippen LogP contribution in [0.5, 0.6) is 0 Å². The van der Waals surface area contributed by atoms with Crippen molar-refractivity contribution in [2.45, 2.75) is 0 Å². The summed E-state index contributed by atoms with van der Waals surface area (Å²) in [6.07, 6.45) is 1.45. The quantitative estimate of drug-likeness (QED) is 0.641. The van der Waals surface area contributed by atoms with Gasteiger partial charge in [-0.05, 0) is 22.0 Å². The maximum absolute atomic E-state index is 6.04. The van der Waals surface area contributed by atoms with E-state index in [1.54, 1.807) is 0 Å². The van der Waals surface area contributed by atoms with E-state index in [-0.39, 0.29) is 0 Å². The predicted octanol–water partition coefficient (Wildman–Crippen LogP) is 3.53. The summed E-state index contributed by atoms with van der Waals surface area (Å²) in [5.74, 6) is 0. The molecule has 0 unspecified atom stereocenters. The number of halogens is 2. The van der Waals surface area contributed by atoms with E-state index in [2.05, 4.69) is 30.9 Å². The third-order valence-corrected chi connectivity index (χ3v) is 3.27. The summed E-state index contributed by atoms with van der Waals surface area (Å²) in [7, 11) is 0. The lowest BCUT2D eigenvalue weighted by atomic mass is 10.2. The van der Waals surface area contributed by atoms with E-state index >= 15 is 0 Å². The number of nitrogens with one attached hydrogen (secondary N) is 1. The fourth-order valence-electron chi connectivity index (χ4n) is 1.68. The molecular formula is C10H5BrClN3. The van der Waals surface area contributed by atoms with Crippen LogP contribution in [0.2, 0.25) is 5.15 Å². The van der Waals surface area contributed by atoms with Crippen molar-refractivity contribution in [2.24, 2.45) is 0 Å². The monoisotopic (exact) mass is 281 g/mol. The number of aromatic amines is 1. The minimum Gasteiger partial charge on any atom is -0.338 e. The van der Waals surface area contributed by atoms with E-state index in [4.69, 9.17) is 11.6 Å². The van der Waals surface area contributed by atoms with Crippen LogP contribution >= 0.6 is 27.5 Å². The first-order chi connectivity index (χ1) is 7.27. The second-order valence-corrected chi connectivity index (χ2v) is 4.39. The van der Waals surface area contributed by atoms with E-state index in [1.165, 1.54) is 6.33 Å². The van der Waals surface area contributed by atoms with Gasteiger partial charge >= 0.3 is 0 Å². The Morgan fingerprint density at radius 3 is 3.00 bits per heavy atom. The van der Waals surface area contributed by atoms with Gasteiger partial charge in [0.2, 0.25) is 0 Å². The minimum atomic E-state index is 0.476. The summed E-state index contributed by atoms with van der Waals surface area (Å²) < 4.78 is 0.995. The molecule has 2 aromatic heterocycles. The Balaban J connectivity index is 2.65. The van der Waals surface area contributed by atoms with Crippen LogP contribution < -0.4 is 0 Å². The number of fused-ring (bicyclic) bond motifs is 3. The van der Waals surface area contributed by atoms with Crippen LogP contribution in [0.4, 0.5) is 0 Å². The van der Waals surface area contributed by atoms with Crippen molar-refractivity contribution < 1.29 is 0 Å². The van der Waals surface area contributed by atoms with Crippen LogP contribution in [0.3, 0.4) is 0 Å². The molecular weight excluding hydrogens is 277 g/mol. The molecule has 5 heteroatoms. The molecule has 0 aliphatic rings. The highest BCUT2D eigenvalue weighted by molar-refractivity contribution is 9.10. The molecule has 1 N–H and O–H groups in total. The van der Waals surface area contributed by atoms with Crippen molar-refractivity contribution in [2.75, 3.05) is 0 Å². The summed E-state index contributed by atoms with van der Waals surface area (Å²) in [4.78, 5) is 11.3. The van der Waals surface area contributed by atoms with Crippen LogP contribution in [-0.4, -0.2) is 15.0 Å². The number of rotatable bonds is 0. The van der Waals surface area contributed by atoms with Gasteiger partial charge in [-0.15, -0.1) is 0 Å². The highest BCUT2D eigenvalue weighted by Gasteiger charge is 2.10. The van der Waals surface area contributed by atoms with Gasteiger partial charge in [-0.1, -0.05) is 23.7 Å². The molecule has 2 heterocycles. The number of aromatic nitrogens is 3. The van der Waals surface area contributed by atoms with Crippen molar-refractivity contribution in [3.63, 3.8) is 0 Å². The van der Waals surface area contributed by atoms with Gasteiger partial charge in [-0.25, -0.2) is 9.97 Å². The fraction of sp³-hybridized carbons (Fsp3) is 0. The molecule has 74 valence electrons. The first kappa shape index (κ1) is 9.12. The zero-order valence-corrected chi connectivity index (χ0v) is 9.80. The highest BCUT2D eigenvalue weighted by atomic mass is 79.9. The van der Waals surface area contributed by atoms with Crippen molar-refractivity contribution in [1.82, 2.24) is 15.0 Å². The molecule has 3 aromatic rings. The average Bonchev–Trinajstić information content (AvgIpc) is 2.59. The van der Waals surface area contributed by atoms with Crippen molar-refractivity contribution in [3.05, 3.63) is 34.2 Å². The Kier molecular flexibility index (Phi) is 1.94. The van der Waals surface area contributed by atoms with Gasteiger partial charge in [0.25, 0.3) is 0 Å². The maximum Gasteiger partial charge on any atom is 0.143 e. The first-order valence-electron chi connectivity index (χ1n) is 4.34. The number of hydrogen-bond donors (Lipinski definition) is 1. The van der Waals surface area contributed by atoms with Crippen LogP contribution in [-0.2, 0) is 0 Å². The lowest BCUT2D eigenvalue weighted by Crippen LogP contribution is -1.79. The third-order valence-electron chi connectivity index (χ3n) is 2.33. The molecule has 15 heavy (non-hydrogen) atoms. The predicted molar refractivity (Wildman–Crippen MR) is 64.1 cm³/mol. The van der Waals surface area contributed by atoms with Crippen molar-refractivity contribution in [3.8, 4) is 0 Å². The van der Waals surface area contributed by atoms with Crippen LogP contribution in [0.15, 0.2) is 29.0 Å². The van der Waals surface area contributed by atoms with Crippen LogP contribution in [0.25, 0.3) is 21.9 Å². The zero-order chi connectivity index (χ0) is 10.4. The van der Waals surface area contributed by atoms with Crippen molar-refractivity contribution >= 4 is 49.5 Å². The summed E-state index contributed by atoms with van der Waals surface area (Å²) >= 11 is 9.52. The van der Waals surface area contributed by atoms with Gasteiger partial charge in [0.1, 0.15) is 17.1 Å². The smallest absolute Gasteiger partial charge is 0.143 e. The molecule has 0 spiro atoms. The molecule has 0 amide bonds. The van der Waals surface area contributed by atoms with Gasteiger partial charge in [0.05, 0.1) is 10.9 Å². The number of nitrogens with zero attached hydrogens (tertiary/aromatic N) is 2. The van der Waals surface area contributed by atoms with Crippen LogP contribution in [0, 0.1) is 0 Å². The Hall–Kier alpha value is -1.13. The molecule has 0 aliphatic carbocycles. The van der Waals surface area contributed by atoms with Gasteiger partial charge < -0.3 is 4.98 Å². The fourth-order valence-corrected chi connectivity index (χ4v) is 2.38. The van der Waals surface area contributed by atoms with Gasteiger partial charge in [0.15, 0.2) is 0 Å². The second-order valence-electron chi connectivity index (χ2n) is 3.18. The van der Waals surface area contributed by atoms with Gasteiger partial charge in [-0.2, -0.15) is 0 Å². The number of H-pyrrole nitrogens is 1. The molecule has 0 saturated heterocycles. The van der Waals surface area contributed by atoms with E-state index < -0.39 is 0 Å². The normalized spacial score (nSPS) is 11.3. The van der Waals surface area contributed by atoms with E-state index in [1.807, 2.05) is 18.2 Å². The average molecular weight is 283 g/mol. The molecule has 0 aliphatic heterocycles. The van der Waals surface area contributed by atoms with Crippen molar-refractivity contribution in [1.29, 1.82) is 0 Å². The summed E-state index contributed by atoms with van der Waals surface area (Å²) in [6, 6.07) is 5.93. The Labute approximate surface area is 98.6 Å². The summed E-state index contributed by atoms with van der Waals surface area (Å²) in [5, 5.41) is 2.38. The SMILES string of the molecule is Clc1ncnc2[nH]c3c(Br)cccc3c12. The van der Waals surface area contributed by atoms with E-state index in [0.29, 0.717) is 5.15 Å². The lowest BCUT2D eigenvalue weighted by molar-refractivity contribution is 1.20. The van der Waals surface area contributed by atoms with E-state index in [9.17, 15) is 0 Å². The minimum absolute atomic E-state index is 0.476. The Bertz CT molecular complexity index is 662. The zero-order valence-electron chi connectivity index (χ0n) is 7.46. The molecule has 3 rings (SSSR count). The Morgan fingerprint density at radius 1 is 1.27 bits per heavy atom. The first-order valence-corrected chi connectivity index (χ1v) is 5.51. The van der Waals surface area contributed by atoms with Gasteiger partial charge in [-0.3, -0.25) is 0 Å². The Morgan fingerprint density at radius 2 is 2.13 bits per heavy atom. The third kappa shape index (κ3) is 1.25. The second kappa shape index (κ2) is 3.18. The molecule has 1 aromatic carbocycles. The molecule has 0 fully saturated rings.